The summed E-state index contributed by atoms with van der Waals surface area (Å²) in [4.78, 5) is 38.4. The van der Waals surface area contributed by atoms with E-state index in [9.17, 15) is 40.7 Å². The molecule has 0 fully saturated rings. The molecule has 0 heterocycles. The minimum atomic E-state index is -4.86. The van der Waals surface area contributed by atoms with Crippen LogP contribution in [-0.4, -0.2) is 55.2 Å². The van der Waals surface area contributed by atoms with Gasteiger partial charge in [-0.2, -0.15) is 13.2 Å². The number of nitrogens with one attached hydrogen (secondary N) is 2. The molecule has 0 saturated carbocycles. The van der Waals surface area contributed by atoms with Crippen LogP contribution in [0.2, 0.25) is 0 Å². The van der Waals surface area contributed by atoms with Gasteiger partial charge in [-0.1, -0.05) is 24.3 Å². The number of benzene rings is 2. The number of rotatable bonds is 16. The number of ether oxygens (including phenoxy) is 1. The predicted molar refractivity (Wildman–Crippen MR) is 145 cm³/mol. The van der Waals surface area contributed by atoms with Crippen molar-refractivity contribution in [2.75, 3.05) is 13.1 Å². The van der Waals surface area contributed by atoms with Crippen molar-refractivity contribution in [3.8, 4) is 5.75 Å². The lowest BCUT2D eigenvalue weighted by atomic mass is 9.96. The second-order valence-electron chi connectivity index (χ2n) is 9.85. The van der Waals surface area contributed by atoms with Crippen LogP contribution >= 0.6 is 0 Å². The van der Waals surface area contributed by atoms with Crippen LogP contribution in [0, 0.1) is 0 Å². The van der Waals surface area contributed by atoms with Crippen LogP contribution in [0.1, 0.15) is 42.4 Å². The molecule has 9 nitrogen and oxygen atoms in total. The molecule has 2 aromatic rings. The number of hydrogen-bond acceptors (Lipinski definition) is 7. The van der Waals surface area contributed by atoms with Gasteiger partial charge in [0.1, 0.15) is 5.75 Å². The van der Waals surface area contributed by atoms with Crippen molar-refractivity contribution in [2.45, 2.75) is 69.2 Å². The van der Waals surface area contributed by atoms with Gasteiger partial charge in [0.05, 0.1) is 24.1 Å². The Hall–Kier alpha value is -3.69. The normalized spacial score (nSPS) is 13.3. The van der Waals surface area contributed by atoms with Gasteiger partial charge in [-0.3, -0.25) is 14.4 Å². The van der Waals surface area contributed by atoms with Crippen molar-refractivity contribution < 1.29 is 45.5 Å². The van der Waals surface area contributed by atoms with Gasteiger partial charge in [-0.15, -0.1) is 13.2 Å². The van der Waals surface area contributed by atoms with Crippen LogP contribution in [0.3, 0.4) is 0 Å². The number of Topliss-reactive ketones (excluding diaryl/α,β-unsaturated/α-hetero) is 1. The molecule has 0 saturated heterocycles. The number of ketones is 1. The van der Waals surface area contributed by atoms with E-state index >= 15 is 0 Å². The first-order valence-corrected chi connectivity index (χ1v) is 13.4. The van der Waals surface area contributed by atoms with Crippen LogP contribution in [0.4, 0.5) is 26.3 Å². The fourth-order valence-corrected chi connectivity index (χ4v) is 4.16. The zero-order valence-electron chi connectivity index (χ0n) is 23.1. The van der Waals surface area contributed by atoms with Gasteiger partial charge in [0.25, 0.3) is 0 Å². The Kier molecular flexibility index (Phi) is 13.4. The third kappa shape index (κ3) is 13.0. The molecule has 0 unspecified atom stereocenters. The second-order valence-corrected chi connectivity index (χ2v) is 9.85. The van der Waals surface area contributed by atoms with Crippen LogP contribution in [-0.2, 0) is 33.4 Å². The summed E-state index contributed by atoms with van der Waals surface area (Å²) in [5, 5.41) is 5.19. The third-order valence-electron chi connectivity index (χ3n) is 6.38. The summed E-state index contributed by atoms with van der Waals surface area (Å²) in [5.41, 5.74) is 16.9. The quantitative estimate of drug-likeness (QED) is 0.181. The first-order valence-electron chi connectivity index (χ1n) is 13.4. The molecule has 0 aliphatic carbocycles. The topological polar surface area (TPSA) is 163 Å². The van der Waals surface area contributed by atoms with Crippen LogP contribution in [0.15, 0.2) is 48.5 Å². The summed E-state index contributed by atoms with van der Waals surface area (Å²) in [7, 11) is 0. The van der Waals surface area contributed by atoms with E-state index in [1.165, 1.54) is 24.3 Å². The van der Waals surface area contributed by atoms with E-state index in [4.69, 9.17) is 17.2 Å². The van der Waals surface area contributed by atoms with Gasteiger partial charge in [0.2, 0.25) is 11.8 Å². The Balaban J connectivity index is 2.11. The molecule has 15 heteroatoms. The SMILES string of the molecule is NCCC(CCN)NC(=O)C[C@H](N)C(=O)N[C@@H](Cc1ccc(C(F)(F)F)cc1)C(=O)CCc1ccc(OC(F)(F)F)cc1. The van der Waals surface area contributed by atoms with Crippen molar-refractivity contribution in [3.63, 3.8) is 0 Å². The van der Waals surface area contributed by atoms with Gasteiger partial charge in [0.15, 0.2) is 5.78 Å². The Morgan fingerprint density at radius 2 is 1.37 bits per heavy atom. The summed E-state index contributed by atoms with van der Waals surface area (Å²) < 4.78 is 79.9. The lowest BCUT2D eigenvalue weighted by Crippen LogP contribution is -2.51. The molecule has 0 aliphatic rings. The lowest BCUT2D eigenvalue weighted by molar-refractivity contribution is -0.274. The minimum absolute atomic E-state index is 0.0860. The highest BCUT2D eigenvalue weighted by molar-refractivity contribution is 5.93. The second kappa shape index (κ2) is 16.2. The maximum Gasteiger partial charge on any atom is 0.573 e. The number of aryl methyl sites for hydroxylation is 1. The number of carbonyl (C=O) groups is 3. The molecule has 43 heavy (non-hydrogen) atoms. The summed E-state index contributed by atoms with van der Waals surface area (Å²) in [5.74, 6) is -2.31. The number of halogens is 6. The molecule has 0 aromatic heterocycles. The first-order chi connectivity index (χ1) is 20.1. The summed E-state index contributed by atoms with van der Waals surface area (Å²) in [6.45, 7) is 0.605. The monoisotopic (exact) mass is 619 g/mol. The van der Waals surface area contributed by atoms with Crippen molar-refractivity contribution in [2.24, 2.45) is 17.2 Å². The zero-order chi connectivity index (χ0) is 32.2. The minimum Gasteiger partial charge on any atom is -0.406 e. The first kappa shape index (κ1) is 35.5. The van der Waals surface area contributed by atoms with E-state index in [1.807, 2.05) is 0 Å². The standard InChI is InChI=1S/C28H35F6N5O4/c29-27(30,31)19-6-1-18(2-7-19)15-23(24(40)10-5-17-3-8-21(9-4-17)43-28(32,33)34)39-26(42)22(37)16-25(41)38-20(11-13-35)12-14-36/h1-4,6-9,20,22-23H,5,10-16,35-37H2,(H,38,41)(H,39,42)/t22-,23-/m0/s1. The van der Waals surface area contributed by atoms with Crippen molar-refractivity contribution >= 4 is 17.6 Å². The molecule has 0 radical (unpaired) electrons. The number of hydrogen-bond donors (Lipinski definition) is 5. The number of nitrogens with two attached hydrogens (primary N) is 3. The van der Waals surface area contributed by atoms with Crippen LogP contribution < -0.4 is 32.6 Å². The molecule has 0 aliphatic heterocycles. The number of carbonyl (C=O) groups excluding carboxylic acids is 3. The van der Waals surface area contributed by atoms with Crippen LogP contribution in [0.25, 0.3) is 0 Å². The van der Waals surface area contributed by atoms with Crippen LogP contribution in [0.5, 0.6) is 5.75 Å². The van der Waals surface area contributed by atoms with Gasteiger partial charge in [0, 0.05) is 12.5 Å². The predicted octanol–water partition coefficient (Wildman–Crippen LogP) is 2.73. The van der Waals surface area contributed by atoms with Crippen molar-refractivity contribution in [1.82, 2.24) is 10.6 Å². The van der Waals surface area contributed by atoms with Crippen molar-refractivity contribution in [1.29, 1.82) is 0 Å². The van der Waals surface area contributed by atoms with Gasteiger partial charge < -0.3 is 32.6 Å². The molecule has 2 aromatic carbocycles. The highest BCUT2D eigenvalue weighted by Gasteiger charge is 2.32. The largest absolute Gasteiger partial charge is 0.573 e. The summed E-state index contributed by atoms with van der Waals surface area (Å²) in [6, 6.07) is 6.04. The molecular weight excluding hydrogens is 584 g/mol. The van der Waals surface area contributed by atoms with E-state index in [0.717, 1.165) is 24.3 Å². The van der Waals surface area contributed by atoms with E-state index < -0.39 is 60.0 Å². The molecule has 2 amide bonds. The van der Waals surface area contributed by atoms with E-state index in [-0.39, 0.29) is 25.3 Å². The summed E-state index contributed by atoms with van der Waals surface area (Å²) >= 11 is 0. The fraction of sp³-hybridized carbons (Fsp3) is 0.464. The van der Waals surface area contributed by atoms with Gasteiger partial charge >= 0.3 is 12.5 Å². The van der Waals surface area contributed by atoms with E-state index in [2.05, 4.69) is 15.4 Å². The maximum atomic E-state index is 13.2. The van der Waals surface area contributed by atoms with E-state index in [1.54, 1.807) is 0 Å². The summed E-state index contributed by atoms with van der Waals surface area (Å²) in [6.07, 6.45) is -9.16. The fourth-order valence-electron chi connectivity index (χ4n) is 4.16. The molecular formula is C28H35F6N5O4. The van der Waals surface area contributed by atoms with Gasteiger partial charge in [-0.05, 0) is 74.2 Å². The average Bonchev–Trinajstić information content (AvgIpc) is 2.91. The van der Waals surface area contributed by atoms with Crippen molar-refractivity contribution in [3.05, 3.63) is 65.2 Å². The smallest absolute Gasteiger partial charge is 0.406 e. The average molecular weight is 620 g/mol. The van der Waals surface area contributed by atoms with E-state index in [0.29, 0.717) is 37.1 Å². The number of amides is 2. The Morgan fingerprint density at radius 3 is 1.88 bits per heavy atom. The molecule has 8 N–H and O–H groups in total. The Morgan fingerprint density at radius 1 is 0.814 bits per heavy atom. The zero-order valence-corrected chi connectivity index (χ0v) is 23.1. The molecule has 238 valence electrons. The highest BCUT2D eigenvalue weighted by Crippen LogP contribution is 2.29. The third-order valence-corrected chi connectivity index (χ3v) is 6.38. The molecule has 2 atom stereocenters. The highest BCUT2D eigenvalue weighted by atomic mass is 19.4. The lowest BCUT2D eigenvalue weighted by Gasteiger charge is -2.22. The molecule has 0 bridgehead atoms. The number of alkyl halides is 6. The van der Waals surface area contributed by atoms with Gasteiger partial charge in [-0.25, -0.2) is 0 Å². The molecule has 2 rings (SSSR count). The molecule has 0 spiro atoms. The maximum absolute atomic E-state index is 13.2. The Bertz CT molecular complexity index is 1180. The Labute approximate surface area is 244 Å².